The number of hydrogen-bond donors (Lipinski definition) is 0. The molecule has 0 aliphatic heterocycles. The van der Waals surface area contributed by atoms with Gasteiger partial charge in [-0.2, -0.15) is 0 Å². The molecular formula is C5H11Br. The van der Waals surface area contributed by atoms with Gasteiger partial charge in [0.25, 0.3) is 0 Å². The highest BCUT2D eigenvalue weighted by atomic mass is 79.9. The van der Waals surface area contributed by atoms with Gasteiger partial charge in [0.1, 0.15) is 0 Å². The molecule has 0 aromatic heterocycles. The van der Waals surface area contributed by atoms with Gasteiger partial charge in [-0.3, -0.25) is 0 Å². The van der Waals surface area contributed by atoms with Crippen molar-refractivity contribution < 1.29 is 1.37 Å². The largest absolute Gasteiger partial charge is 0.0894 e. The predicted molar refractivity (Wildman–Crippen MR) is 33.3 cm³/mol. The standard InChI is InChI=1S/C5H11Br/c1-3-4-5(2)6/h5H,3-4H2,1-2H3/i2T. The Morgan fingerprint density at radius 1 is 2.00 bits per heavy atom. The summed E-state index contributed by atoms with van der Waals surface area (Å²) in [5, 5.41) is 0. The zero-order valence-electron chi connectivity index (χ0n) is 5.08. The van der Waals surface area contributed by atoms with E-state index in [2.05, 4.69) is 22.9 Å². The molecule has 0 saturated heterocycles. The van der Waals surface area contributed by atoms with Gasteiger partial charge >= 0.3 is 0 Å². The molecule has 0 aromatic carbocycles. The van der Waals surface area contributed by atoms with E-state index in [1.807, 2.05) is 0 Å². The molecule has 6 heavy (non-hydrogen) atoms. The van der Waals surface area contributed by atoms with Crippen LogP contribution in [-0.2, 0) is 0 Å². The van der Waals surface area contributed by atoms with Gasteiger partial charge in [-0.1, -0.05) is 36.2 Å². The molecule has 1 unspecified atom stereocenters. The zero-order chi connectivity index (χ0) is 5.70. The summed E-state index contributed by atoms with van der Waals surface area (Å²) in [4.78, 5) is 0.428. The number of rotatable bonds is 2. The monoisotopic (exact) mass is 152 g/mol. The van der Waals surface area contributed by atoms with Crippen LogP contribution in [0.3, 0.4) is 0 Å². The van der Waals surface area contributed by atoms with Gasteiger partial charge < -0.3 is 0 Å². The predicted octanol–water partition coefficient (Wildman–Crippen LogP) is 2.57. The normalized spacial score (nSPS) is 16.7. The molecule has 0 spiro atoms. The lowest BCUT2D eigenvalue weighted by atomic mass is 10.3. The summed E-state index contributed by atoms with van der Waals surface area (Å²) in [7, 11) is 0. The third kappa shape index (κ3) is 4.48. The van der Waals surface area contributed by atoms with Gasteiger partial charge in [0.05, 0.1) is 0 Å². The van der Waals surface area contributed by atoms with Crippen LogP contribution >= 0.6 is 15.9 Å². The lowest BCUT2D eigenvalue weighted by Gasteiger charge is -1.93. The highest BCUT2D eigenvalue weighted by Gasteiger charge is 1.87. The van der Waals surface area contributed by atoms with Crippen LogP contribution in [0.1, 0.15) is 28.0 Å². The molecule has 0 radical (unpaired) electrons. The summed E-state index contributed by atoms with van der Waals surface area (Å²) in [5.74, 6) is 0. The molecule has 0 rings (SSSR count). The van der Waals surface area contributed by atoms with Gasteiger partial charge in [-0.25, -0.2) is 0 Å². The Balaban J connectivity index is 2.83. The number of hydrogen-bond acceptors (Lipinski definition) is 0. The van der Waals surface area contributed by atoms with Gasteiger partial charge in [0.2, 0.25) is 0 Å². The Kier molecular flexibility index (Phi) is 2.83. The molecule has 0 heterocycles. The second-order valence-electron chi connectivity index (χ2n) is 1.39. The van der Waals surface area contributed by atoms with Gasteiger partial charge in [0, 0.05) is 6.20 Å². The van der Waals surface area contributed by atoms with E-state index >= 15 is 0 Å². The first-order valence-corrected chi connectivity index (χ1v) is 3.16. The minimum Gasteiger partial charge on any atom is -0.0894 e. The van der Waals surface area contributed by atoms with Crippen molar-refractivity contribution in [2.75, 3.05) is 0 Å². The Hall–Kier alpha value is 0.480. The second-order valence-corrected chi connectivity index (χ2v) is 2.68. The highest BCUT2D eigenvalue weighted by molar-refractivity contribution is 9.09. The zero-order valence-corrected chi connectivity index (χ0v) is 5.66. The molecule has 0 saturated carbocycles. The maximum Gasteiger partial charge on any atom is 0.0242 e. The van der Waals surface area contributed by atoms with Gasteiger partial charge in [-0.15, -0.1) is 0 Å². The van der Waals surface area contributed by atoms with E-state index < -0.39 is 0 Å². The molecule has 0 fully saturated rings. The average Bonchev–Trinajstić information content (AvgIpc) is 1.68. The molecule has 0 aromatic rings. The Bertz CT molecular complexity index is 39.1. The minimum absolute atomic E-state index is 0.428. The summed E-state index contributed by atoms with van der Waals surface area (Å²) in [6, 6.07) is 0. The fraction of sp³-hybridized carbons (Fsp3) is 1.00. The third-order valence-corrected chi connectivity index (χ3v) is 1.06. The van der Waals surface area contributed by atoms with Crippen molar-refractivity contribution in [1.82, 2.24) is 0 Å². The Morgan fingerprint density at radius 2 is 2.67 bits per heavy atom. The fourth-order valence-electron chi connectivity index (χ4n) is 0.313. The van der Waals surface area contributed by atoms with E-state index in [0.717, 1.165) is 6.42 Å². The molecule has 0 aliphatic rings. The van der Waals surface area contributed by atoms with E-state index in [9.17, 15) is 0 Å². The number of halogens is 1. The van der Waals surface area contributed by atoms with Crippen molar-refractivity contribution in [3.8, 4) is 0 Å². The topological polar surface area (TPSA) is 0 Å². The molecule has 1 atom stereocenters. The summed E-state index contributed by atoms with van der Waals surface area (Å²) in [5.41, 5.74) is 0. The van der Waals surface area contributed by atoms with Gasteiger partial charge in [0.15, 0.2) is 0 Å². The van der Waals surface area contributed by atoms with Crippen LogP contribution < -0.4 is 0 Å². The van der Waals surface area contributed by atoms with E-state index in [0.29, 0.717) is 11.7 Å². The molecule has 0 aliphatic carbocycles. The first kappa shape index (κ1) is 4.63. The summed E-state index contributed by atoms with van der Waals surface area (Å²) in [6.45, 7) is 2.64. The van der Waals surface area contributed by atoms with Crippen molar-refractivity contribution in [3.05, 3.63) is 0 Å². The van der Waals surface area contributed by atoms with Crippen molar-refractivity contribution in [2.24, 2.45) is 0 Å². The van der Waals surface area contributed by atoms with Crippen molar-refractivity contribution in [3.63, 3.8) is 0 Å². The van der Waals surface area contributed by atoms with E-state index in [1.165, 1.54) is 6.42 Å². The quantitative estimate of drug-likeness (QED) is 0.535. The minimum atomic E-state index is 0.428. The van der Waals surface area contributed by atoms with E-state index in [1.54, 1.807) is 0 Å². The first-order chi connectivity index (χ1) is 3.31. The van der Waals surface area contributed by atoms with E-state index in [-0.39, 0.29) is 0 Å². The molecule has 0 N–H and O–H groups in total. The molecule has 1 heteroatoms. The van der Waals surface area contributed by atoms with E-state index in [4.69, 9.17) is 1.37 Å². The average molecular weight is 153 g/mol. The Morgan fingerprint density at radius 3 is 2.83 bits per heavy atom. The van der Waals surface area contributed by atoms with Gasteiger partial charge in [-0.05, 0) is 6.42 Å². The fourth-order valence-corrected chi connectivity index (χ4v) is 0.771. The van der Waals surface area contributed by atoms with Crippen LogP contribution in [0.25, 0.3) is 0 Å². The molecule has 0 amide bonds. The first-order valence-electron chi connectivity index (χ1n) is 2.95. The van der Waals surface area contributed by atoms with Crippen molar-refractivity contribution in [2.45, 2.75) is 31.5 Å². The smallest absolute Gasteiger partial charge is 0.0242 e. The molecule has 0 bridgehead atoms. The molecule has 38 valence electrons. The lowest BCUT2D eigenvalue weighted by Crippen LogP contribution is -1.84. The van der Waals surface area contributed by atoms with Crippen LogP contribution in [0.4, 0.5) is 0 Å². The Labute approximate surface area is 49.5 Å². The van der Waals surface area contributed by atoms with Crippen LogP contribution in [0.15, 0.2) is 0 Å². The lowest BCUT2D eigenvalue weighted by molar-refractivity contribution is 0.797. The second kappa shape index (κ2) is 3.66. The summed E-state index contributed by atoms with van der Waals surface area (Å²) in [6.07, 6.45) is 2.30. The highest BCUT2D eigenvalue weighted by Crippen LogP contribution is 2.04. The van der Waals surface area contributed by atoms with Crippen molar-refractivity contribution in [1.29, 1.82) is 0 Å². The van der Waals surface area contributed by atoms with Crippen LogP contribution in [0, 0.1) is 0 Å². The number of alkyl halides is 1. The van der Waals surface area contributed by atoms with Crippen LogP contribution in [0.5, 0.6) is 0 Å². The summed E-state index contributed by atoms with van der Waals surface area (Å²) < 4.78 is 6.87. The third-order valence-electron chi connectivity index (χ3n) is 0.602. The summed E-state index contributed by atoms with van der Waals surface area (Å²) >= 11 is 3.35. The van der Waals surface area contributed by atoms with Crippen LogP contribution in [0.2, 0.25) is 0 Å². The molecular weight excluding hydrogens is 140 g/mol. The van der Waals surface area contributed by atoms with Crippen molar-refractivity contribution >= 4 is 15.9 Å². The molecule has 0 nitrogen and oxygen atoms in total. The van der Waals surface area contributed by atoms with Crippen LogP contribution in [-0.4, -0.2) is 4.83 Å². The SMILES string of the molecule is [3H]CC(Br)CCC. The maximum atomic E-state index is 6.87. The maximum absolute atomic E-state index is 6.87.